The van der Waals surface area contributed by atoms with E-state index in [-0.39, 0.29) is 0 Å². The maximum Gasteiger partial charge on any atom is 0.164 e. The van der Waals surface area contributed by atoms with Crippen molar-refractivity contribution in [2.75, 3.05) is 0 Å². The Labute approximate surface area is 325 Å². The van der Waals surface area contributed by atoms with Gasteiger partial charge in [-0.3, -0.25) is 0 Å². The smallest absolute Gasteiger partial charge is 0.164 e. The van der Waals surface area contributed by atoms with Crippen molar-refractivity contribution in [1.29, 1.82) is 0 Å². The van der Waals surface area contributed by atoms with Crippen LogP contribution < -0.4 is 0 Å². The second-order valence-electron chi connectivity index (χ2n) is 14.4. The van der Waals surface area contributed by atoms with Crippen molar-refractivity contribution in [2.24, 2.45) is 0 Å². The van der Waals surface area contributed by atoms with Crippen molar-refractivity contribution >= 4 is 65.7 Å². The second-order valence-corrected chi connectivity index (χ2v) is 14.4. The molecule has 0 amide bonds. The summed E-state index contributed by atoms with van der Waals surface area (Å²) < 4.78 is 15.6. The van der Waals surface area contributed by atoms with Gasteiger partial charge in [0.2, 0.25) is 0 Å². The third-order valence-electron chi connectivity index (χ3n) is 11.1. The molecule has 0 aliphatic heterocycles. The molecule has 4 aromatic heterocycles. The molecule has 0 atom stereocenters. The van der Waals surface area contributed by atoms with E-state index in [1.165, 1.54) is 10.8 Å². The van der Waals surface area contributed by atoms with Crippen LogP contribution in [0, 0.1) is 0 Å². The largest absolute Gasteiger partial charge is 0.456 e. The van der Waals surface area contributed by atoms with Crippen molar-refractivity contribution in [2.45, 2.75) is 0 Å². The molecule has 4 heterocycles. The van der Waals surface area contributed by atoms with Crippen molar-refractivity contribution in [3.05, 3.63) is 182 Å². The number of aromatic nitrogens is 4. The van der Waals surface area contributed by atoms with E-state index in [0.717, 1.165) is 88.4 Å². The van der Waals surface area contributed by atoms with E-state index in [9.17, 15) is 0 Å². The van der Waals surface area contributed by atoms with Gasteiger partial charge in [-0.05, 0) is 48.0 Å². The lowest BCUT2D eigenvalue weighted by Crippen LogP contribution is -2.00. The molecule has 6 nitrogen and oxygen atoms in total. The van der Waals surface area contributed by atoms with E-state index >= 15 is 0 Å². The van der Waals surface area contributed by atoms with E-state index in [1.807, 2.05) is 54.6 Å². The van der Waals surface area contributed by atoms with Crippen molar-refractivity contribution in [3.8, 4) is 51.0 Å². The maximum atomic E-state index is 6.63. The van der Waals surface area contributed by atoms with Crippen LogP contribution in [0.2, 0.25) is 0 Å². The number of para-hydroxylation sites is 3. The molecule has 6 heteroatoms. The van der Waals surface area contributed by atoms with Crippen LogP contribution in [0.4, 0.5) is 0 Å². The van der Waals surface area contributed by atoms with Crippen LogP contribution in [0.3, 0.4) is 0 Å². The van der Waals surface area contributed by atoms with Gasteiger partial charge in [0.1, 0.15) is 22.3 Å². The van der Waals surface area contributed by atoms with Crippen LogP contribution in [0.25, 0.3) is 117 Å². The molecule has 0 unspecified atom stereocenters. The minimum absolute atomic E-state index is 0.558. The van der Waals surface area contributed by atoms with Gasteiger partial charge in [0.25, 0.3) is 0 Å². The predicted molar refractivity (Wildman–Crippen MR) is 230 cm³/mol. The average Bonchev–Trinajstić information content (AvgIpc) is 3.96. The molecule has 0 radical (unpaired) electrons. The Morgan fingerprint density at radius 3 is 1.72 bits per heavy atom. The monoisotopic (exact) mass is 730 g/mol. The minimum Gasteiger partial charge on any atom is -0.456 e. The van der Waals surface area contributed by atoms with Crippen molar-refractivity contribution in [1.82, 2.24) is 19.5 Å². The normalized spacial score (nSPS) is 11.9. The highest BCUT2D eigenvalue weighted by molar-refractivity contribution is 6.14. The lowest BCUT2D eigenvalue weighted by Gasteiger charge is -2.09. The summed E-state index contributed by atoms with van der Waals surface area (Å²) in [6, 6.07) is 62.6. The molecule has 8 aromatic carbocycles. The van der Waals surface area contributed by atoms with E-state index in [0.29, 0.717) is 17.5 Å². The van der Waals surface area contributed by atoms with Crippen molar-refractivity contribution < 1.29 is 8.83 Å². The Morgan fingerprint density at radius 2 is 0.947 bits per heavy atom. The quantitative estimate of drug-likeness (QED) is 0.176. The van der Waals surface area contributed by atoms with Gasteiger partial charge in [-0.1, -0.05) is 133 Å². The molecule has 0 aliphatic carbocycles. The van der Waals surface area contributed by atoms with Gasteiger partial charge in [0, 0.05) is 66.3 Å². The number of fused-ring (bicyclic) bond motifs is 9. The first-order valence-corrected chi connectivity index (χ1v) is 19.0. The fourth-order valence-corrected chi connectivity index (χ4v) is 8.46. The summed E-state index contributed by atoms with van der Waals surface area (Å²) in [6.45, 7) is 0. The van der Waals surface area contributed by atoms with Crippen LogP contribution >= 0.6 is 0 Å². The summed E-state index contributed by atoms with van der Waals surface area (Å²) in [5.41, 5.74) is 11.3. The summed E-state index contributed by atoms with van der Waals surface area (Å²) in [4.78, 5) is 15.3. The summed E-state index contributed by atoms with van der Waals surface area (Å²) >= 11 is 0. The Balaban J connectivity index is 1.03. The maximum absolute atomic E-state index is 6.63. The van der Waals surface area contributed by atoms with Crippen LogP contribution in [0.5, 0.6) is 0 Å². The SMILES string of the molecule is c1ccc(-c2nc(-c3ccc4c(c3)oc3c(-c5ccccc5)cccc34)nc(-c3cccc4oc5cc(-n6c7ccccc7c7ccccc76)ccc5c34)n2)cc1. The molecule has 0 fully saturated rings. The number of nitrogens with zero attached hydrogens (tertiary/aromatic N) is 4. The van der Waals surface area contributed by atoms with Gasteiger partial charge in [-0.2, -0.15) is 0 Å². The molecule has 57 heavy (non-hydrogen) atoms. The van der Waals surface area contributed by atoms with Gasteiger partial charge in [0.15, 0.2) is 17.5 Å². The van der Waals surface area contributed by atoms with Crippen LogP contribution in [-0.2, 0) is 0 Å². The molecule has 0 saturated carbocycles. The zero-order valence-corrected chi connectivity index (χ0v) is 30.4. The highest BCUT2D eigenvalue weighted by atomic mass is 16.3. The molecule has 12 rings (SSSR count). The molecular formula is C51H30N4O2. The molecule has 0 saturated heterocycles. The van der Waals surface area contributed by atoms with Crippen LogP contribution in [-0.4, -0.2) is 19.5 Å². The average molecular weight is 731 g/mol. The highest BCUT2D eigenvalue weighted by Gasteiger charge is 2.20. The molecule has 12 aromatic rings. The number of hydrogen-bond donors (Lipinski definition) is 0. The second kappa shape index (κ2) is 12.3. The Morgan fingerprint density at radius 1 is 0.351 bits per heavy atom. The Bertz CT molecular complexity index is 3470. The fraction of sp³-hybridized carbons (Fsp3) is 0. The number of hydrogen-bond acceptors (Lipinski definition) is 5. The fourth-order valence-electron chi connectivity index (χ4n) is 8.46. The van der Waals surface area contributed by atoms with Crippen LogP contribution in [0.1, 0.15) is 0 Å². The van der Waals surface area contributed by atoms with E-state index in [4.69, 9.17) is 23.8 Å². The Hall–Kier alpha value is -7.83. The lowest BCUT2D eigenvalue weighted by atomic mass is 10.0. The van der Waals surface area contributed by atoms with Crippen LogP contribution in [0.15, 0.2) is 191 Å². The first-order chi connectivity index (χ1) is 28.2. The number of benzene rings is 8. The number of rotatable bonds is 5. The molecule has 0 aliphatic rings. The third kappa shape index (κ3) is 4.94. The lowest BCUT2D eigenvalue weighted by molar-refractivity contribution is 0.668. The van der Waals surface area contributed by atoms with Crippen molar-refractivity contribution in [3.63, 3.8) is 0 Å². The van der Waals surface area contributed by atoms with Gasteiger partial charge in [0.05, 0.1) is 11.0 Å². The van der Waals surface area contributed by atoms with Gasteiger partial charge in [-0.25, -0.2) is 15.0 Å². The van der Waals surface area contributed by atoms with Gasteiger partial charge >= 0.3 is 0 Å². The van der Waals surface area contributed by atoms with Gasteiger partial charge in [-0.15, -0.1) is 0 Å². The summed E-state index contributed by atoms with van der Waals surface area (Å²) in [5.74, 6) is 1.71. The van der Waals surface area contributed by atoms with Gasteiger partial charge < -0.3 is 13.4 Å². The molecule has 0 bridgehead atoms. The molecular weight excluding hydrogens is 701 g/mol. The Kier molecular flexibility index (Phi) is 6.83. The minimum atomic E-state index is 0.558. The molecule has 0 N–H and O–H groups in total. The van der Waals surface area contributed by atoms with E-state index in [2.05, 4.69) is 132 Å². The zero-order chi connectivity index (χ0) is 37.5. The predicted octanol–water partition coefficient (Wildman–Crippen LogP) is 13.4. The third-order valence-corrected chi connectivity index (χ3v) is 11.1. The number of furan rings is 2. The summed E-state index contributed by atoms with van der Waals surface area (Å²) in [7, 11) is 0. The van der Waals surface area contributed by atoms with E-state index < -0.39 is 0 Å². The standard InChI is InChI=1S/C51H30N4O2/c1-3-13-31(14-4-1)35-19-11-20-39-38-27-25-33(29-45(38)57-48(35)39)50-52-49(32-15-5-2-6-16-32)53-51(54-50)41-21-12-24-44-47(41)40-28-26-34(30-46(40)56-44)55-42-22-9-7-17-36(42)37-18-8-10-23-43(37)55/h1-30H. The summed E-state index contributed by atoms with van der Waals surface area (Å²) in [5, 5.41) is 6.50. The molecule has 0 spiro atoms. The molecule has 266 valence electrons. The zero-order valence-electron chi connectivity index (χ0n) is 30.4. The first kappa shape index (κ1) is 31.5. The highest BCUT2D eigenvalue weighted by Crippen LogP contribution is 2.40. The summed E-state index contributed by atoms with van der Waals surface area (Å²) in [6.07, 6.45) is 0. The first-order valence-electron chi connectivity index (χ1n) is 19.0. The van der Waals surface area contributed by atoms with E-state index in [1.54, 1.807) is 0 Å². The topological polar surface area (TPSA) is 69.9 Å².